The standard InChI is InChI=1S/C18H26N2O2/c1-14(21)20-11-10-19(12-15-4-3-5-15)13-18(20)16-6-8-17(22-2)9-7-16/h6-9,15,18H,3-5,10-13H2,1-2H3/t18-/m0/s1. The molecule has 4 heteroatoms. The van der Waals surface area contributed by atoms with E-state index in [2.05, 4.69) is 17.0 Å². The summed E-state index contributed by atoms with van der Waals surface area (Å²) in [5.74, 6) is 1.91. The first-order chi connectivity index (χ1) is 10.7. The quantitative estimate of drug-likeness (QED) is 0.857. The molecule has 1 saturated heterocycles. The third kappa shape index (κ3) is 3.27. The second-order valence-corrected chi connectivity index (χ2v) is 6.56. The predicted octanol–water partition coefficient (Wildman–Crippen LogP) is 2.70. The lowest BCUT2D eigenvalue weighted by molar-refractivity contribution is -0.134. The van der Waals surface area contributed by atoms with Gasteiger partial charge in [-0.25, -0.2) is 0 Å². The van der Waals surface area contributed by atoms with Crippen LogP contribution < -0.4 is 4.74 Å². The molecule has 1 aromatic rings. The van der Waals surface area contributed by atoms with E-state index < -0.39 is 0 Å². The Morgan fingerprint density at radius 1 is 1.23 bits per heavy atom. The largest absolute Gasteiger partial charge is 0.497 e. The average Bonchev–Trinajstić information content (AvgIpc) is 2.50. The summed E-state index contributed by atoms with van der Waals surface area (Å²) in [5, 5.41) is 0. The van der Waals surface area contributed by atoms with E-state index in [1.54, 1.807) is 14.0 Å². The monoisotopic (exact) mass is 302 g/mol. The van der Waals surface area contributed by atoms with Crippen LogP contribution in [-0.2, 0) is 4.79 Å². The summed E-state index contributed by atoms with van der Waals surface area (Å²) in [7, 11) is 1.68. The summed E-state index contributed by atoms with van der Waals surface area (Å²) in [5.41, 5.74) is 1.20. The van der Waals surface area contributed by atoms with Gasteiger partial charge in [-0.3, -0.25) is 9.69 Å². The molecular formula is C18H26N2O2. The van der Waals surface area contributed by atoms with Crippen molar-refractivity contribution < 1.29 is 9.53 Å². The number of methoxy groups -OCH3 is 1. The maximum Gasteiger partial charge on any atom is 0.220 e. The normalized spacial score (nSPS) is 23.2. The molecule has 0 spiro atoms. The molecule has 1 aliphatic carbocycles. The van der Waals surface area contributed by atoms with Crippen molar-refractivity contribution in [2.24, 2.45) is 5.92 Å². The molecule has 0 N–H and O–H groups in total. The first-order valence-electron chi connectivity index (χ1n) is 8.31. The van der Waals surface area contributed by atoms with Crippen molar-refractivity contribution in [3.05, 3.63) is 29.8 Å². The Kier molecular flexibility index (Phi) is 4.67. The summed E-state index contributed by atoms with van der Waals surface area (Å²) >= 11 is 0. The van der Waals surface area contributed by atoms with Gasteiger partial charge in [0.05, 0.1) is 13.2 Å². The molecule has 0 radical (unpaired) electrons. The lowest BCUT2D eigenvalue weighted by atomic mass is 9.85. The summed E-state index contributed by atoms with van der Waals surface area (Å²) in [6.07, 6.45) is 4.14. The number of nitrogens with zero attached hydrogens (tertiary/aromatic N) is 2. The van der Waals surface area contributed by atoms with Crippen molar-refractivity contribution in [2.45, 2.75) is 32.2 Å². The van der Waals surface area contributed by atoms with Crippen LogP contribution in [0.4, 0.5) is 0 Å². The lowest BCUT2D eigenvalue weighted by Crippen LogP contribution is -2.51. The summed E-state index contributed by atoms with van der Waals surface area (Å²) < 4.78 is 5.24. The predicted molar refractivity (Wildman–Crippen MR) is 86.9 cm³/mol. The number of piperazine rings is 1. The smallest absolute Gasteiger partial charge is 0.220 e. The van der Waals surface area contributed by atoms with Crippen LogP contribution in [0.25, 0.3) is 0 Å². The van der Waals surface area contributed by atoms with Crippen LogP contribution in [0.2, 0.25) is 0 Å². The van der Waals surface area contributed by atoms with E-state index in [-0.39, 0.29) is 11.9 Å². The van der Waals surface area contributed by atoms with Crippen molar-refractivity contribution in [2.75, 3.05) is 33.3 Å². The minimum atomic E-state index is 0.164. The Balaban J connectivity index is 1.73. The zero-order valence-corrected chi connectivity index (χ0v) is 13.6. The van der Waals surface area contributed by atoms with Gasteiger partial charge in [0.2, 0.25) is 5.91 Å². The highest BCUT2D eigenvalue weighted by Crippen LogP contribution is 2.31. The highest BCUT2D eigenvalue weighted by molar-refractivity contribution is 5.74. The molecule has 0 aromatic heterocycles. The van der Waals surface area contributed by atoms with E-state index in [9.17, 15) is 4.79 Å². The third-order valence-electron chi connectivity index (χ3n) is 5.11. The van der Waals surface area contributed by atoms with Crippen molar-refractivity contribution >= 4 is 5.91 Å². The van der Waals surface area contributed by atoms with Crippen LogP contribution in [-0.4, -0.2) is 49.0 Å². The van der Waals surface area contributed by atoms with E-state index in [4.69, 9.17) is 4.74 Å². The molecular weight excluding hydrogens is 276 g/mol. The molecule has 1 aromatic carbocycles. The summed E-state index contributed by atoms with van der Waals surface area (Å²) in [6.45, 7) is 5.65. The van der Waals surface area contributed by atoms with Crippen LogP contribution in [0.1, 0.15) is 37.8 Å². The van der Waals surface area contributed by atoms with Crippen LogP contribution in [0.3, 0.4) is 0 Å². The highest BCUT2D eigenvalue weighted by atomic mass is 16.5. The number of rotatable bonds is 4. The third-order valence-corrected chi connectivity index (χ3v) is 5.11. The van der Waals surface area contributed by atoms with E-state index in [0.717, 1.165) is 31.3 Å². The van der Waals surface area contributed by atoms with Crippen molar-refractivity contribution in [3.63, 3.8) is 0 Å². The number of hydrogen-bond acceptors (Lipinski definition) is 3. The van der Waals surface area contributed by atoms with Gasteiger partial charge in [-0.05, 0) is 36.5 Å². The van der Waals surface area contributed by atoms with Crippen molar-refractivity contribution in [3.8, 4) is 5.75 Å². The molecule has 1 aliphatic heterocycles. The Bertz CT molecular complexity index is 510. The van der Waals surface area contributed by atoms with E-state index >= 15 is 0 Å². The molecule has 1 heterocycles. The number of carbonyl (C=O) groups excluding carboxylic acids is 1. The van der Waals surface area contributed by atoms with E-state index in [1.807, 2.05) is 17.0 Å². The molecule has 1 atom stereocenters. The molecule has 22 heavy (non-hydrogen) atoms. The Labute approximate surface area is 133 Å². The lowest BCUT2D eigenvalue weighted by Gasteiger charge is -2.43. The van der Waals surface area contributed by atoms with Gasteiger partial charge >= 0.3 is 0 Å². The van der Waals surface area contributed by atoms with E-state index in [1.165, 1.54) is 31.4 Å². The van der Waals surface area contributed by atoms with Crippen LogP contribution in [0, 0.1) is 5.92 Å². The van der Waals surface area contributed by atoms with Crippen LogP contribution in [0.15, 0.2) is 24.3 Å². The molecule has 1 saturated carbocycles. The Hall–Kier alpha value is -1.55. The molecule has 0 unspecified atom stereocenters. The number of ether oxygens (including phenoxy) is 1. The second-order valence-electron chi connectivity index (χ2n) is 6.56. The maximum absolute atomic E-state index is 12.0. The van der Waals surface area contributed by atoms with Gasteiger partial charge in [-0.2, -0.15) is 0 Å². The Morgan fingerprint density at radius 3 is 2.50 bits per heavy atom. The number of amides is 1. The molecule has 4 nitrogen and oxygen atoms in total. The molecule has 3 rings (SSSR count). The van der Waals surface area contributed by atoms with Gasteiger partial charge < -0.3 is 9.64 Å². The highest BCUT2D eigenvalue weighted by Gasteiger charge is 2.31. The fraction of sp³-hybridized carbons (Fsp3) is 0.611. The van der Waals surface area contributed by atoms with Gasteiger partial charge in [0.25, 0.3) is 0 Å². The molecule has 120 valence electrons. The minimum absolute atomic E-state index is 0.164. The molecule has 0 bridgehead atoms. The Morgan fingerprint density at radius 2 is 1.95 bits per heavy atom. The zero-order chi connectivity index (χ0) is 15.5. The number of hydrogen-bond donors (Lipinski definition) is 0. The van der Waals surface area contributed by atoms with Crippen molar-refractivity contribution in [1.29, 1.82) is 0 Å². The fourth-order valence-electron chi connectivity index (χ4n) is 3.53. The van der Waals surface area contributed by atoms with Gasteiger partial charge in [0.1, 0.15) is 5.75 Å². The van der Waals surface area contributed by atoms with Gasteiger partial charge in [-0.15, -0.1) is 0 Å². The minimum Gasteiger partial charge on any atom is -0.497 e. The summed E-state index contributed by atoms with van der Waals surface area (Å²) in [6, 6.07) is 8.31. The van der Waals surface area contributed by atoms with E-state index in [0.29, 0.717) is 0 Å². The second kappa shape index (κ2) is 6.69. The fourth-order valence-corrected chi connectivity index (χ4v) is 3.53. The first-order valence-corrected chi connectivity index (χ1v) is 8.31. The topological polar surface area (TPSA) is 32.8 Å². The number of benzene rings is 1. The molecule has 2 aliphatic rings. The van der Waals surface area contributed by atoms with Gasteiger partial charge in [0.15, 0.2) is 0 Å². The van der Waals surface area contributed by atoms with Crippen LogP contribution in [0.5, 0.6) is 5.75 Å². The zero-order valence-electron chi connectivity index (χ0n) is 13.6. The first kappa shape index (κ1) is 15.3. The molecule has 1 amide bonds. The van der Waals surface area contributed by atoms with Crippen LogP contribution >= 0.6 is 0 Å². The van der Waals surface area contributed by atoms with Gasteiger partial charge in [-0.1, -0.05) is 18.6 Å². The summed E-state index contributed by atoms with van der Waals surface area (Å²) in [4.78, 5) is 16.5. The maximum atomic E-state index is 12.0. The molecule has 2 fully saturated rings. The SMILES string of the molecule is COc1ccc([C@@H]2CN(CC3CCC3)CCN2C(C)=O)cc1. The van der Waals surface area contributed by atoms with Gasteiger partial charge in [0, 0.05) is 33.1 Å². The average molecular weight is 302 g/mol. The number of carbonyl (C=O) groups is 1. The van der Waals surface area contributed by atoms with Crippen molar-refractivity contribution in [1.82, 2.24) is 9.80 Å².